The Labute approximate surface area is 128 Å². The fraction of sp³-hybridized carbons (Fsp3) is 0.375. The number of ether oxygens (including phenoxy) is 1. The number of piperidine rings is 1. The Morgan fingerprint density at radius 3 is 2.86 bits per heavy atom. The van der Waals surface area contributed by atoms with Crippen LogP contribution in [0.25, 0.3) is 6.08 Å². The SMILES string of the molecule is O=C(C=Cc1ccc2c(c1)C(=O)CC1(CCNCC1)O2)NO. The second kappa shape index (κ2) is 5.90. The molecule has 0 bridgehead atoms. The van der Waals surface area contributed by atoms with E-state index < -0.39 is 5.91 Å². The molecule has 0 saturated carbocycles. The highest BCUT2D eigenvalue weighted by atomic mass is 16.5. The average molecular weight is 302 g/mol. The molecule has 1 amide bonds. The number of benzene rings is 1. The van der Waals surface area contributed by atoms with Gasteiger partial charge in [0.15, 0.2) is 5.78 Å². The minimum absolute atomic E-state index is 0.0741. The van der Waals surface area contributed by atoms with Crippen molar-refractivity contribution in [1.29, 1.82) is 0 Å². The zero-order valence-corrected chi connectivity index (χ0v) is 12.1. The summed E-state index contributed by atoms with van der Waals surface area (Å²) < 4.78 is 6.13. The van der Waals surface area contributed by atoms with E-state index in [4.69, 9.17) is 9.94 Å². The van der Waals surface area contributed by atoms with E-state index in [-0.39, 0.29) is 11.4 Å². The molecule has 3 rings (SSSR count). The lowest BCUT2D eigenvalue weighted by Gasteiger charge is -2.40. The van der Waals surface area contributed by atoms with Crippen LogP contribution in [-0.2, 0) is 4.79 Å². The summed E-state index contributed by atoms with van der Waals surface area (Å²) in [6.07, 6.45) is 4.79. The minimum Gasteiger partial charge on any atom is -0.486 e. The maximum atomic E-state index is 12.5. The van der Waals surface area contributed by atoms with Gasteiger partial charge in [0.05, 0.1) is 12.0 Å². The Balaban J connectivity index is 1.85. The molecule has 0 radical (unpaired) electrons. The van der Waals surface area contributed by atoms with E-state index in [1.54, 1.807) is 18.2 Å². The van der Waals surface area contributed by atoms with Gasteiger partial charge in [0.2, 0.25) is 0 Å². The van der Waals surface area contributed by atoms with Crippen LogP contribution < -0.4 is 15.5 Å². The van der Waals surface area contributed by atoms with Crippen LogP contribution in [0.1, 0.15) is 35.2 Å². The number of fused-ring (bicyclic) bond motifs is 1. The molecule has 6 nitrogen and oxygen atoms in total. The molecule has 6 heteroatoms. The fourth-order valence-corrected chi connectivity index (χ4v) is 2.99. The standard InChI is InChI=1S/C16H18N2O4/c19-13-10-16(5-7-17-8-6-16)22-14-3-1-11(9-12(13)14)2-4-15(20)18-21/h1-4,9,17,21H,5-8,10H2,(H,18,20). The molecule has 0 atom stereocenters. The number of hydrogen-bond donors (Lipinski definition) is 3. The van der Waals surface area contributed by atoms with Gasteiger partial charge in [-0.3, -0.25) is 14.8 Å². The van der Waals surface area contributed by atoms with E-state index in [1.165, 1.54) is 17.6 Å². The lowest BCUT2D eigenvalue weighted by molar-refractivity contribution is -0.124. The summed E-state index contributed by atoms with van der Waals surface area (Å²) in [4.78, 5) is 23.5. The molecular formula is C16H18N2O4. The van der Waals surface area contributed by atoms with Crippen molar-refractivity contribution in [1.82, 2.24) is 10.8 Å². The summed E-state index contributed by atoms with van der Waals surface area (Å²) >= 11 is 0. The molecule has 116 valence electrons. The third-order valence-corrected chi connectivity index (χ3v) is 4.17. The molecule has 2 heterocycles. The van der Waals surface area contributed by atoms with E-state index in [1.807, 2.05) is 0 Å². The van der Waals surface area contributed by atoms with Gasteiger partial charge in [0.25, 0.3) is 5.91 Å². The largest absolute Gasteiger partial charge is 0.486 e. The number of hydroxylamine groups is 1. The zero-order valence-electron chi connectivity index (χ0n) is 12.1. The van der Waals surface area contributed by atoms with Gasteiger partial charge in [-0.2, -0.15) is 0 Å². The van der Waals surface area contributed by atoms with Gasteiger partial charge in [0, 0.05) is 18.9 Å². The highest BCUT2D eigenvalue weighted by molar-refractivity contribution is 6.01. The van der Waals surface area contributed by atoms with Crippen molar-refractivity contribution >= 4 is 17.8 Å². The predicted molar refractivity (Wildman–Crippen MR) is 79.8 cm³/mol. The maximum absolute atomic E-state index is 12.5. The Kier molecular flexibility index (Phi) is 3.96. The van der Waals surface area contributed by atoms with Crippen molar-refractivity contribution in [2.75, 3.05) is 13.1 Å². The van der Waals surface area contributed by atoms with Crippen LogP contribution in [0.15, 0.2) is 24.3 Å². The number of Topliss-reactive ketones (excluding diaryl/α,β-unsaturated/α-hetero) is 1. The van der Waals surface area contributed by atoms with Crippen molar-refractivity contribution in [3.8, 4) is 5.75 Å². The average Bonchev–Trinajstić information content (AvgIpc) is 2.53. The molecule has 1 aromatic rings. The maximum Gasteiger partial charge on any atom is 0.267 e. The second-order valence-corrected chi connectivity index (χ2v) is 5.70. The van der Waals surface area contributed by atoms with Gasteiger partial charge in [-0.1, -0.05) is 6.07 Å². The number of amides is 1. The first-order valence-electron chi connectivity index (χ1n) is 7.31. The number of carbonyl (C=O) groups is 2. The molecule has 1 saturated heterocycles. The second-order valence-electron chi connectivity index (χ2n) is 5.70. The number of carbonyl (C=O) groups excluding carboxylic acids is 2. The summed E-state index contributed by atoms with van der Waals surface area (Å²) in [5, 5.41) is 11.7. The minimum atomic E-state index is -0.617. The van der Waals surface area contributed by atoms with Crippen molar-refractivity contribution in [3.05, 3.63) is 35.4 Å². The van der Waals surface area contributed by atoms with Gasteiger partial charge < -0.3 is 10.1 Å². The first-order chi connectivity index (χ1) is 10.6. The van der Waals surface area contributed by atoms with Crippen LogP contribution in [0, 0.1) is 0 Å². The number of ketones is 1. The van der Waals surface area contributed by atoms with Crippen molar-refractivity contribution in [2.45, 2.75) is 24.9 Å². The monoisotopic (exact) mass is 302 g/mol. The van der Waals surface area contributed by atoms with Gasteiger partial charge in [-0.05, 0) is 36.9 Å². The topological polar surface area (TPSA) is 87.7 Å². The lowest BCUT2D eigenvalue weighted by atomic mass is 9.83. The van der Waals surface area contributed by atoms with Crippen LogP contribution in [0.4, 0.5) is 0 Å². The highest BCUT2D eigenvalue weighted by Gasteiger charge is 2.41. The molecule has 2 aliphatic rings. The molecule has 0 aliphatic carbocycles. The number of hydrogen-bond acceptors (Lipinski definition) is 5. The van der Waals surface area contributed by atoms with E-state index >= 15 is 0 Å². The van der Waals surface area contributed by atoms with Crippen LogP contribution in [0.5, 0.6) is 5.75 Å². The van der Waals surface area contributed by atoms with Crippen LogP contribution in [0.2, 0.25) is 0 Å². The van der Waals surface area contributed by atoms with E-state index in [0.29, 0.717) is 23.3 Å². The Morgan fingerprint density at radius 1 is 1.36 bits per heavy atom. The zero-order chi connectivity index (χ0) is 15.6. The predicted octanol–water partition coefficient (Wildman–Crippen LogP) is 1.29. The normalized spacial score (nSPS) is 19.8. The van der Waals surface area contributed by atoms with Gasteiger partial charge in [0.1, 0.15) is 11.4 Å². The van der Waals surface area contributed by atoms with Crippen LogP contribution >= 0.6 is 0 Å². The highest BCUT2D eigenvalue weighted by Crippen LogP contribution is 2.38. The van der Waals surface area contributed by atoms with Crippen LogP contribution in [-0.4, -0.2) is 35.6 Å². The number of nitrogens with one attached hydrogen (secondary N) is 2. The van der Waals surface area contributed by atoms with Crippen molar-refractivity contribution in [2.24, 2.45) is 0 Å². The van der Waals surface area contributed by atoms with Gasteiger partial charge >= 0.3 is 0 Å². The molecule has 1 aromatic carbocycles. The number of rotatable bonds is 2. The van der Waals surface area contributed by atoms with Crippen molar-refractivity contribution < 1.29 is 19.5 Å². The Morgan fingerprint density at radius 2 is 2.14 bits per heavy atom. The Bertz CT molecular complexity index is 633. The summed E-state index contributed by atoms with van der Waals surface area (Å²) in [7, 11) is 0. The summed E-state index contributed by atoms with van der Waals surface area (Å²) in [6.45, 7) is 1.72. The Hall–Kier alpha value is -2.18. The first-order valence-corrected chi connectivity index (χ1v) is 7.31. The summed E-state index contributed by atoms with van der Waals surface area (Å²) in [5.41, 5.74) is 2.41. The van der Waals surface area contributed by atoms with E-state index in [0.717, 1.165) is 25.9 Å². The smallest absolute Gasteiger partial charge is 0.267 e. The molecule has 1 fully saturated rings. The third-order valence-electron chi connectivity index (χ3n) is 4.17. The summed E-state index contributed by atoms with van der Waals surface area (Å²) in [5.74, 6) is 0.0703. The molecule has 0 aromatic heterocycles. The lowest BCUT2D eigenvalue weighted by Crippen LogP contribution is -2.49. The quantitative estimate of drug-likeness (QED) is 0.435. The molecular weight excluding hydrogens is 284 g/mol. The van der Waals surface area contributed by atoms with Crippen molar-refractivity contribution in [3.63, 3.8) is 0 Å². The summed E-state index contributed by atoms with van der Waals surface area (Å²) in [6, 6.07) is 5.27. The fourth-order valence-electron chi connectivity index (χ4n) is 2.99. The van der Waals surface area contributed by atoms with Crippen LogP contribution in [0.3, 0.4) is 0 Å². The molecule has 22 heavy (non-hydrogen) atoms. The van der Waals surface area contributed by atoms with Gasteiger partial charge in [-0.15, -0.1) is 0 Å². The first kappa shape index (κ1) is 14.7. The molecule has 1 spiro atoms. The molecule has 0 unspecified atom stereocenters. The molecule has 3 N–H and O–H groups in total. The third kappa shape index (κ3) is 2.88. The van der Waals surface area contributed by atoms with Gasteiger partial charge in [-0.25, -0.2) is 5.48 Å². The molecule has 2 aliphatic heterocycles. The van der Waals surface area contributed by atoms with E-state index in [2.05, 4.69) is 5.32 Å². The van der Waals surface area contributed by atoms with E-state index in [9.17, 15) is 9.59 Å².